The lowest BCUT2D eigenvalue weighted by atomic mass is 10.1. The fourth-order valence-electron chi connectivity index (χ4n) is 3.51. The molecule has 0 spiro atoms. The first-order chi connectivity index (χ1) is 13.1. The van der Waals surface area contributed by atoms with Crippen LogP contribution in [0.25, 0.3) is 0 Å². The fourth-order valence-corrected chi connectivity index (χ4v) is 3.78. The number of hydrogen-bond donors (Lipinski definition) is 0. The molecule has 1 fully saturated rings. The number of rotatable bonds is 0. The van der Waals surface area contributed by atoms with Crippen molar-refractivity contribution in [3.8, 4) is 0 Å². The first-order valence-electron chi connectivity index (χ1n) is 9.14. The third-order valence-corrected chi connectivity index (χ3v) is 5.71. The minimum atomic E-state index is -4.54. The topological polar surface area (TPSA) is 34.4 Å². The van der Waals surface area contributed by atoms with E-state index in [2.05, 4.69) is 16.8 Å². The van der Waals surface area contributed by atoms with Crippen LogP contribution in [0.4, 0.5) is 24.5 Å². The summed E-state index contributed by atoms with van der Waals surface area (Å²) in [5, 5.41) is -0.348. The van der Waals surface area contributed by atoms with E-state index in [1.54, 1.807) is 4.90 Å². The largest absolute Gasteiger partial charge is 0.417 e. The van der Waals surface area contributed by atoms with Crippen LogP contribution in [0.1, 0.15) is 19.4 Å². The highest BCUT2D eigenvalue weighted by Crippen LogP contribution is 2.44. The molecule has 3 aliphatic heterocycles. The molecule has 1 saturated heterocycles. The van der Waals surface area contributed by atoms with E-state index in [0.717, 1.165) is 37.8 Å². The normalized spacial score (nSPS) is 23.0. The number of aliphatic imine (C=N–C) groups is 2. The molecule has 0 saturated carbocycles. The molecule has 0 N–H and O–H groups in total. The quantitative estimate of drug-likeness (QED) is 0.643. The second-order valence-corrected chi connectivity index (χ2v) is 7.82. The van der Waals surface area contributed by atoms with Crippen LogP contribution in [0.15, 0.2) is 33.9 Å². The van der Waals surface area contributed by atoms with Crippen molar-refractivity contribution < 1.29 is 13.2 Å². The van der Waals surface area contributed by atoms with Crippen molar-refractivity contribution in [2.45, 2.75) is 26.1 Å². The number of nitrogens with zero attached hydrogens (tertiary/aromatic N) is 5. The maximum Gasteiger partial charge on any atom is 0.417 e. The Kier molecular flexibility index (Phi) is 4.66. The second-order valence-electron chi connectivity index (χ2n) is 7.42. The lowest BCUT2D eigenvalue weighted by Gasteiger charge is -2.40. The monoisotopic (exact) mass is 411 g/mol. The highest BCUT2D eigenvalue weighted by Gasteiger charge is 2.38. The first kappa shape index (κ1) is 19.3. The highest BCUT2D eigenvalue weighted by atomic mass is 35.5. The Labute approximate surface area is 166 Å². The van der Waals surface area contributed by atoms with Crippen LogP contribution in [0.2, 0.25) is 5.02 Å². The molecule has 0 radical (unpaired) electrons. The van der Waals surface area contributed by atoms with Crippen LogP contribution in [0.5, 0.6) is 0 Å². The molecule has 28 heavy (non-hydrogen) atoms. The fraction of sp³-hybridized carbons (Fsp3) is 0.474. The van der Waals surface area contributed by atoms with E-state index in [1.807, 2.05) is 20.0 Å². The van der Waals surface area contributed by atoms with E-state index in [0.29, 0.717) is 23.0 Å². The lowest BCUT2D eigenvalue weighted by Crippen LogP contribution is -2.53. The van der Waals surface area contributed by atoms with E-state index >= 15 is 0 Å². The molecule has 9 heteroatoms. The van der Waals surface area contributed by atoms with Gasteiger partial charge in [-0.05, 0) is 38.6 Å². The molecule has 0 amide bonds. The van der Waals surface area contributed by atoms with Gasteiger partial charge in [0.05, 0.1) is 28.0 Å². The molecule has 1 atom stereocenters. The Hall–Kier alpha value is -2.06. The van der Waals surface area contributed by atoms with Crippen LogP contribution in [0.3, 0.4) is 0 Å². The van der Waals surface area contributed by atoms with Gasteiger partial charge < -0.3 is 9.80 Å². The van der Waals surface area contributed by atoms with Crippen LogP contribution >= 0.6 is 11.6 Å². The number of likely N-dealkylation sites (N-methyl/N-ethyl adjacent to an activating group) is 1. The second kappa shape index (κ2) is 6.77. The summed E-state index contributed by atoms with van der Waals surface area (Å²) in [4.78, 5) is 15.5. The number of hydrogen-bond acceptors (Lipinski definition) is 5. The average molecular weight is 412 g/mol. The van der Waals surface area contributed by atoms with Crippen LogP contribution in [-0.2, 0) is 6.18 Å². The third-order valence-electron chi connectivity index (χ3n) is 5.39. The van der Waals surface area contributed by atoms with Gasteiger partial charge in [0.2, 0.25) is 0 Å². The van der Waals surface area contributed by atoms with Gasteiger partial charge in [0.1, 0.15) is 0 Å². The van der Waals surface area contributed by atoms with E-state index in [4.69, 9.17) is 21.6 Å². The number of alkyl halides is 3. The molecule has 0 bridgehead atoms. The number of halogens is 4. The van der Waals surface area contributed by atoms with Crippen molar-refractivity contribution >= 4 is 34.6 Å². The van der Waals surface area contributed by atoms with Gasteiger partial charge in [-0.2, -0.15) is 13.2 Å². The Bertz CT molecular complexity index is 898. The molecule has 3 heterocycles. The summed E-state index contributed by atoms with van der Waals surface area (Å²) in [6.07, 6.45) is -2.68. The molecule has 1 aromatic rings. The summed E-state index contributed by atoms with van der Waals surface area (Å²) >= 11 is 5.95. The molecule has 150 valence electrons. The Morgan fingerprint density at radius 2 is 1.79 bits per heavy atom. The summed E-state index contributed by atoms with van der Waals surface area (Å²) < 4.78 is 40.2. The SMILES string of the molecule is CC1=CN2C(=NC1C)C(N1CCN(C)CC1)=Nc1cc(Cl)c(C(F)(F)F)cc12. The minimum Gasteiger partial charge on any atom is -0.351 e. The highest BCUT2D eigenvalue weighted by molar-refractivity contribution is 6.48. The predicted octanol–water partition coefficient (Wildman–Crippen LogP) is 4.16. The standard InChI is InChI=1S/C19H21ClF3N5/c1-11-10-28-16-8-13(19(21,22)23)14(20)9-15(16)25-17(18(28)24-12(11)2)27-6-4-26(3)5-7-27/h8-10,12H,4-7H2,1-3H3. The number of amidine groups is 2. The molecule has 0 aromatic heterocycles. The first-order valence-corrected chi connectivity index (χ1v) is 9.51. The number of piperazine rings is 1. The van der Waals surface area contributed by atoms with E-state index in [-0.39, 0.29) is 11.1 Å². The summed E-state index contributed by atoms with van der Waals surface area (Å²) in [5.41, 5.74) is 0.872. The summed E-state index contributed by atoms with van der Waals surface area (Å²) in [6, 6.07) is 2.31. The van der Waals surface area contributed by atoms with Gasteiger partial charge in [-0.1, -0.05) is 11.6 Å². The van der Waals surface area contributed by atoms with Crippen molar-refractivity contribution in [3.05, 3.63) is 34.5 Å². The number of anilines is 1. The average Bonchev–Trinajstić information content (AvgIpc) is 2.61. The third kappa shape index (κ3) is 3.28. The molecular weight excluding hydrogens is 391 g/mol. The van der Waals surface area contributed by atoms with Crippen molar-refractivity contribution in [1.82, 2.24) is 9.80 Å². The van der Waals surface area contributed by atoms with E-state index in [9.17, 15) is 13.2 Å². The van der Waals surface area contributed by atoms with Crippen molar-refractivity contribution in [2.75, 3.05) is 38.1 Å². The molecule has 4 rings (SSSR count). The minimum absolute atomic E-state index is 0.0557. The van der Waals surface area contributed by atoms with Crippen molar-refractivity contribution in [2.24, 2.45) is 9.98 Å². The zero-order chi connectivity index (χ0) is 20.2. The lowest BCUT2D eigenvalue weighted by molar-refractivity contribution is -0.137. The van der Waals surface area contributed by atoms with Gasteiger partial charge >= 0.3 is 6.18 Å². The molecule has 0 aliphatic carbocycles. The number of fused-ring (bicyclic) bond motifs is 3. The Morgan fingerprint density at radius 1 is 1.11 bits per heavy atom. The molecular formula is C19H21ClF3N5. The van der Waals surface area contributed by atoms with Crippen LogP contribution in [0, 0.1) is 0 Å². The van der Waals surface area contributed by atoms with Crippen LogP contribution in [-0.4, -0.2) is 60.7 Å². The van der Waals surface area contributed by atoms with Crippen LogP contribution < -0.4 is 4.90 Å². The summed E-state index contributed by atoms with van der Waals surface area (Å²) in [7, 11) is 2.06. The van der Waals surface area contributed by atoms with Crippen molar-refractivity contribution in [1.29, 1.82) is 0 Å². The molecule has 5 nitrogen and oxygen atoms in total. The Morgan fingerprint density at radius 3 is 2.43 bits per heavy atom. The molecule has 1 unspecified atom stereocenters. The van der Waals surface area contributed by atoms with Gasteiger partial charge in [-0.3, -0.25) is 9.89 Å². The van der Waals surface area contributed by atoms with Gasteiger partial charge in [-0.25, -0.2) is 4.99 Å². The summed E-state index contributed by atoms with van der Waals surface area (Å²) in [5.74, 6) is 1.28. The maximum absolute atomic E-state index is 13.4. The van der Waals surface area contributed by atoms with Crippen molar-refractivity contribution in [3.63, 3.8) is 0 Å². The number of benzene rings is 1. The Balaban J connectivity index is 1.86. The summed E-state index contributed by atoms with van der Waals surface area (Å²) in [6.45, 7) is 7.23. The predicted molar refractivity (Wildman–Crippen MR) is 106 cm³/mol. The van der Waals surface area contributed by atoms with Gasteiger partial charge in [0.25, 0.3) is 0 Å². The molecule has 3 aliphatic rings. The smallest absolute Gasteiger partial charge is 0.351 e. The molecule has 1 aromatic carbocycles. The zero-order valence-corrected chi connectivity index (χ0v) is 16.6. The van der Waals surface area contributed by atoms with E-state index < -0.39 is 11.7 Å². The van der Waals surface area contributed by atoms with Gasteiger partial charge in [0.15, 0.2) is 11.7 Å². The maximum atomic E-state index is 13.4. The van der Waals surface area contributed by atoms with E-state index in [1.165, 1.54) is 6.07 Å². The van der Waals surface area contributed by atoms with Gasteiger partial charge in [-0.15, -0.1) is 0 Å². The van der Waals surface area contributed by atoms with Gasteiger partial charge in [0, 0.05) is 32.4 Å². The zero-order valence-electron chi connectivity index (χ0n) is 15.9.